The van der Waals surface area contributed by atoms with Crippen LogP contribution < -0.4 is 5.73 Å². The first-order chi connectivity index (χ1) is 7.58. The van der Waals surface area contributed by atoms with E-state index in [1.165, 1.54) is 24.8 Å². The summed E-state index contributed by atoms with van der Waals surface area (Å²) in [5, 5.41) is 1.07. The van der Waals surface area contributed by atoms with Gasteiger partial charge in [0.25, 0.3) is 0 Å². The van der Waals surface area contributed by atoms with E-state index < -0.39 is 0 Å². The molecule has 5 nitrogen and oxygen atoms in total. The number of aromatic nitrogens is 4. The second-order valence-corrected chi connectivity index (χ2v) is 3.59. The molecule has 0 aliphatic rings. The summed E-state index contributed by atoms with van der Waals surface area (Å²) >= 11 is 16.1. The van der Waals surface area contributed by atoms with Gasteiger partial charge in [0, 0.05) is 0 Å². The van der Waals surface area contributed by atoms with Gasteiger partial charge in [-0.25, -0.2) is 19.9 Å². The topological polar surface area (TPSA) is 77.6 Å². The Morgan fingerprint density at radius 1 is 0.688 bits per heavy atom. The Labute approximate surface area is 107 Å². The van der Waals surface area contributed by atoms with Crippen LogP contribution in [0.5, 0.6) is 0 Å². The van der Waals surface area contributed by atoms with Gasteiger partial charge in [0.15, 0.2) is 0 Å². The molecule has 0 radical (unpaired) electrons. The monoisotopic (exact) mass is 277 g/mol. The van der Waals surface area contributed by atoms with E-state index in [1.54, 1.807) is 0 Å². The quantitative estimate of drug-likeness (QED) is 0.801. The van der Waals surface area contributed by atoms with Crippen LogP contribution in [-0.4, -0.2) is 19.9 Å². The normalized spacial score (nSPS) is 9.19. The summed E-state index contributed by atoms with van der Waals surface area (Å²) in [5.74, 6) is 0.384. The molecule has 0 aliphatic heterocycles. The zero-order valence-corrected chi connectivity index (χ0v) is 10.1. The Balaban J connectivity index is 0.000000160. The molecular weight excluding hydrogens is 272 g/mol. The molecule has 0 aromatic carbocycles. The smallest absolute Gasteiger partial charge is 0.147 e. The fourth-order valence-electron chi connectivity index (χ4n) is 0.619. The predicted molar refractivity (Wildman–Crippen MR) is 63.5 cm³/mol. The molecule has 0 aliphatic carbocycles. The summed E-state index contributed by atoms with van der Waals surface area (Å²) in [6.07, 6.45) is 5.59. The number of rotatable bonds is 0. The molecule has 0 fully saturated rings. The summed E-state index contributed by atoms with van der Waals surface area (Å²) in [6.45, 7) is 0. The minimum Gasteiger partial charge on any atom is -0.382 e. The molecule has 0 saturated carbocycles. The van der Waals surface area contributed by atoms with Gasteiger partial charge in [-0.15, -0.1) is 0 Å². The minimum absolute atomic E-state index is 0.356. The van der Waals surface area contributed by atoms with E-state index in [1.807, 2.05) is 0 Å². The van der Waals surface area contributed by atoms with Gasteiger partial charge in [-0.3, -0.25) is 0 Å². The molecule has 0 bridgehead atoms. The lowest BCUT2D eigenvalue weighted by atomic mass is 10.7. The summed E-state index contributed by atoms with van der Waals surface area (Å²) < 4.78 is 0. The molecule has 0 amide bonds. The summed E-state index contributed by atoms with van der Waals surface area (Å²) in [7, 11) is 0. The van der Waals surface area contributed by atoms with E-state index in [-0.39, 0.29) is 0 Å². The van der Waals surface area contributed by atoms with Crippen LogP contribution in [0.3, 0.4) is 0 Å². The molecule has 84 valence electrons. The predicted octanol–water partition coefficient (Wildman–Crippen LogP) is 2.50. The van der Waals surface area contributed by atoms with Crippen molar-refractivity contribution in [3.8, 4) is 0 Å². The van der Waals surface area contributed by atoms with Crippen LogP contribution in [0, 0.1) is 0 Å². The third-order valence-electron chi connectivity index (χ3n) is 1.23. The van der Waals surface area contributed by atoms with E-state index in [4.69, 9.17) is 40.5 Å². The Bertz CT molecular complexity index is 345. The number of halogens is 3. The maximum Gasteiger partial charge on any atom is 0.147 e. The Kier molecular flexibility index (Phi) is 5.18. The maximum atomic E-state index is 5.38. The molecule has 2 rings (SSSR count). The Hall–Kier alpha value is -1.17. The number of nitrogens with two attached hydrogens (primary N) is 1. The molecule has 0 spiro atoms. The molecule has 2 aromatic heterocycles. The van der Waals surface area contributed by atoms with Crippen LogP contribution in [-0.2, 0) is 0 Å². The second-order valence-electron chi connectivity index (χ2n) is 2.43. The van der Waals surface area contributed by atoms with E-state index in [9.17, 15) is 0 Å². The van der Waals surface area contributed by atoms with Gasteiger partial charge in [-0.05, 0) is 0 Å². The lowest BCUT2D eigenvalue weighted by Crippen LogP contribution is -1.89. The van der Waals surface area contributed by atoms with Crippen LogP contribution in [0.2, 0.25) is 15.5 Å². The van der Waals surface area contributed by atoms with E-state index in [2.05, 4.69) is 19.9 Å². The lowest BCUT2D eigenvalue weighted by molar-refractivity contribution is 1.20. The van der Waals surface area contributed by atoms with Crippen molar-refractivity contribution in [3.05, 3.63) is 40.2 Å². The first-order valence-electron chi connectivity index (χ1n) is 3.94. The fourth-order valence-corrected chi connectivity index (χ4v) is 0.912. The second kappa shape index (κ2) is 6.42. The van der Waals surface area contributed by atoms with E-state index in [0.717, 1.165) is 0 Å². The van der Waals surface area contributed by atoms with Crippen molar-refractivity contribution in [2.75, 3.05) is 5.73 Å². The minimum atomic E-state index is 0.356. The molecule has 2 aromatic rings. The number of nitrogen functional groups attached to an aromatic ring is 1. The maximum absolute atomic E-state index is 5.38. The lowest BCUT2D eigenvalue weighted by Gasteiger charge is -1.87. The molecule has 0 saturated heterocycles. The van der Waals surface area contributed by atoms with Gasteiger partial charge in [0.05, 0.1) is 24.8 Å². The van der Waals surface area contributed by atoms with Crippen molar-refractivity contribution >= 4 is 40.6 Å². The van der Waals surface area contributed by atoms with Crippen molar-refractivity contribution in [1.82, 2.24) is 19.9 Å². The van der Waals surface area contributed by atoms with Crippen molar-refractivity contribution < 1.29 is 0 Å². The van der Waals surface area contributed by atoms with Crippen molar-refractivity contribution in [3.63, 3.8) is 0 Å². The third kappa shape index (κ3) is 5.06. The molecular formula is C8H6Cl3N5. The molecule has 8 heteroatoms. The van der Waals surface area contributed by atoms with E-state index in [0.29, 0.717) is 21.3 Å². The van der Waals surface area contributed by atoms with Crippen LogP contribution in [0.4, 0.5) is 5.82 Å². The Morgan fingerprint density at radius 2 is 1.06 bits per heavy atom. The standard InChI is InChI=1S/C4H2Cl2N2.C4H4ClN3/c5-3-1-7-4(6)2-8-3;5-3-1-8-4(6)2-7-3/h1-2H;1-2H,(H2,6,8). The molecule has 0 atom stereocenters. The van der Waals surface area contributed by atoms with Gasteiger partial charge in [0.1, 0.15) is 21.3 Å². The largest absolute Gasteiger partial charge is 0.382 e. The van der Waals surface area contributed by atoms with E-state index >= 15 is 0 Å². The average Bonchev–Trinajstić information content (AvgIpc) is 2.28. The molecule has 2 heterocycles. The zero-order valence-electron chi connectivity index (χ0n) is 7.81. The summed E-state index contributed by atoms with van der Waals surface area (Å²) in [5.41, 5.74) is 5.19. The summed E-state index contributed by atoms with van der Waals surface area (Å²) in [4.78, 5) is 14.6. The van der Waals surface area contributed by atoms with Crippen LogP contribution >= 0.6 is 34.8 Å². The summed E-state index contributed by atoms with van der Waals surface area (Å²) in [6, 6.07) is 0. The molecule has 0 unspecified atom stereocenters. The molecule has 2 N–H and O–H groups in total. The van der Waals surface area contributed by atoms with Crippen LogP contribution in [0.1, 0.15) is 0 Å². The van der Waals surface area contributed by atoms with Gasteiger partial charge < -0.3 is 5.73 Å². The highest BCUT2D eigenvalue weighted by atomic mass is 35.5. The SMILES string of the molecule is Clc1cnc(Cl)cn1.Nc1cnc(Cl)cn1. The van der Waals surface area contributed by atoms with Crippen LogP contribution in [0.25, 0.3) is 0 Å². The first kappa shape index (κ1) is 12.9. The number of hydrogen-bond donors (Lipinski definition) is 1. The number of hydrogen-bond acceptors (Lipinski definition) is 5. The zero-order chi connectivity index (χ0) is 12.0. The van der Waals surface area contributed by atoms with Crippen molar-refractivity contribution in [2.45, 2.75) is 0 Å². The van der Waals surface area contributed by atoms with Crippen LogP contribution in [0.15, 0.2) is 24.8 Å². The van der Waals surface area contributed by atoms with Gasteiger partial charge in [0.2, 0.25) is 0 Å². The fraction of sp³-hybridized carbons (Fsp3) is 0. The first-order valence-corrected chi connectivity index (χ1v) is 5.07. The number of anilines is 1. The average molecular weight is 279 g/mol. The highest BCUT2D eigenvalue weighted by Gasteiger charge is 1.87. The van der Waals surface area contributed by atoms with Gasteiger partial charge in [-0.1, -0.05) is 34.8 Å². The highest BCUT2D eigenvalue weighted by molar-refractivity contribution is 6.30. The highest BCUT2D eigenvalue weighted by Crippen LogP contribution is 2.04. The molecule has 16 heavy (non-hydrogen) atoms. The van der Waals surface area contributed by atoms with Crippen molar-refractivity contribution in [2.24, 2.45) is 0 Å². The van der Waals surface area contributed by atoms with Gasteiger partial charge in [-0.2, -0.15) is 0 Å². The van der Waals surface area contributed by atoms with Crippen molar-refractivity contribution in [1.29, 1.82) is 0 Å². The number of nitrogens with zero attached hydrogens (tertiary/aromatic N) is 4. The van der Waals surface area contributed by atoms with Gasteiger partial charge >= 0.3 is 0 Å². The Morgan fingerprint density at radius 3 is 1.31 bits per heavy atom. The third-order valence-corrected chi connectivity index (χ3v) is 1.81.